The third-order valence-corrected chi connectivity index (χ3v) is 0.520. The summed E-state index contributed by atoms with van der Waals surface area (Å²) in [6.07, 6.45) is 0.0938. The van der Waals surface area contributed by atoms with Crippen LogP contribution in [-0.4, -0.2) is 24.8 Å². The normalized spacial score (nSPS) is 7.62. The summed E-state index contributed by atoms with van der Waals surface area (Å²) < 4.78 is 4.47. The fourth-order valence-electron chi connectivity index (χ4n) is 0.189. The first-order valence-corrected chi connectivity index (χ1v) is 1.98. The van der Waals surface area contributed by atoms with Crippen molar-refractivity contribution in [2.24, 2.45) is 0 Å². The predicted octanol–water partition coefficient (Wildman–Crippen LogP) is 0.105. The summed E-state index contributed by atoms with van der Waals surface area (Å²) in [6.45, 7) is 0.301. The fraction of sp³-hybridized carbons (Fsp3) is 0.750. The van der Waals surface area contributed by atoms with Crippen molar-refractivity contribution >= 4 is 5.97 Å². The average molecular weight is 168 g/mol. The van der Waals surface area contributed by atoms with Crippen LogP contribution in [0.2, 0.25) is 0 Å². The van der Waals surface area contributed by atoms with E-state index < -0.39 is 5.97 Å². The number of ether oxygens (including phenoxy) is 1. The Morgan fingerprint density at radius 3 is 2.38 bits per heavy atom. The quantitative estimate of drug-likeness (QED) is 0.607. The summed E-state index contributed by atoms with van der Waals surface area (Å²) in [5.41, 5.74) is 0. The molecule has 8 heavy (non-hydrogen) atoms. The van der Waals surface area contributed by atoms with Gasteiger partial charge >= 0.3 is 5.97 Å². The summed E-state index contributed by atoms with van der Waals surface area (Å²) in [7, 11) is 1.48. The van der Waals surface area contributed by atoms with E-state index in [0.29, 0.717) is 6.61 Å². The maximum Gasteiger partial charge on any atom is 0.305 e. The molecule has 0 spiro atoms. The molecule has 0 aromatic rings. The monoisotopic (exact) mass is 167 g/mol. The van der Waals surface area contributed by atoms with Crippen molar-refractivity contribution in [1.29, 1.82) is 0 Å². The van der Waals surface area contributed by atoms with E-state index in [4.69, 9.17) is 5.11 Å². The van der Waals surface area contributed by atoms with Crippen LogP contribution in [0.15, 0.2) is 0 Å². The maximum absolute atomic E-state index is 9.68. The minimum atomic E-state index is -0.818. The van der Waals surface area contributed by atoms with Gasteiger partial charge in [0.1, 0.15) is 0 Å². The average Bonchev–Trinajstić information content (AvgIpc) is 1.61. The van der Waals surface area contributed by atoms with E-state index in [2.05, 4.69) is 4.74 Å². The Labute approximate surface area is 58.5 Å². The summed E-state index contributed by atoms with van der Waals surface area (Å²) >= 11 is 0. The zero-order valence-electron chi connectivity index (χ0n) is 4.48. The van der Waals surface area contributed by atoms with Crippen molar-refractivity contribution in [1.82, 2.24) is 0 Å². The van der Waals surface area contributed by atoms with Gasteiger partial charge in [-0.05, 0) is 0 Å². The molecule has 0 atom stereocenters. The minimum absolute atomic E-state index is 0. The van der Waals surface area contributed by atoms with E-state index >= 15 is 0 Å². The second-order valence-corrected chi connectivity index (χ2v) is 1.14. The Morgan fingerprint density at radius 2 is 2.25 bits per heavy atom. The van der Waals surface area contributed by atoms with Gasteiger partial charge in [0.15, 0.2) is 0 Å². The van der Waals surface area contributed by atoms with Crippen LogP contribution in [0.25, 0.3) is 0 Å². The maximum atomic E-state index is 9.68. The van der Waals surface area contributed by atoms with Gasteiger partial charge in [-0.2, -0.15) is 0 Å². The van der Waals surface area contributed by atoms with Gasteiger partial charge in [0.05, 0.1) is 13.0 Å². The summed E-state index contributed by atoms with van der Waals surface area (Å²) in [4.78, 5) is 9.68. The van der Waals surface area contributed by atoms with E-state index in [0.717, 1.165) is 0 Å². The molecule has 53 valence electrons. The molecule has 0 fully saturated rings. The Hall–Kier alpha value is -0.0505. The molecule has 3 nitrogen and oxygen atoms in total. The predicted molar refractivity (Wildman–Crippen MR) is 24.1 cm³/mol. The molecule has 1 radical (unpaired) electrons. The van der Waals surface area contributed by atoms with Crippen molar-refractivity contribution in [3.63, 3.8) is 0 Å². The molecule has 0 rings (SSSR count). The van der Waals surface area contributed by atoms with E-state index in [1.807, 2.05) is 0 Å². The second kappa shape index (κ2) is 6.95. The number of carbonyl (C=O) groups is 1. The zero-order valence-corrected chi connectivity index (χ0v) is 5.42. The molecule has 0 aliphatic rings. The Bertz CT molecular complexity index is 64.3. The van der Waals surface area contributed by atoms with E-state index in [1.54, 1.807) is 0 Å². The van der Waals surface area contributed by atoms with E-state index in [1.165, 1.54) is 7.11 Å². The molecule has 0 bridgehead atoms. The smallest absolute Gasteiger partial charge is 0.305 e. The van der Waals surface area contributed by atoms with Gasteiger partial charge in [0.25, 0.3) is 0 Å². The van der Waals surface area contributed by atoms with Crippen LogP contribution in [0.3, 0.4) is 0 Å². The first-order chi connectivity index (χ1) is 3.27. The van der Waals surface area contributed by atoms with Gasteiger partial charge in [0, 0.05) is 24.2 Å². The summed E-state index contributed by atoms with van der Waals surface area (Å²) in [5.74, 6) is -0.818. The molecule has 0 amide bonds. The number of carboxylic acids is 1. The first kappa shape index (κ1) is 10.8. The van der Waals surface area contributed by atoms with Crippen LogP contribution in [0, 0.1) is 0 Å². The van der Waals surface area contributed by atoms with Crippen LogP contribution in [0.5, 0.6) is 0 Å². The van der Waals surface area contributed by atoms with Crippen LogP contribution < -0.4 is 0 Å². The van der Waals surface area contributed by atoms with Crippen molar-refractivity contribution < 1.29 is 31.7 Å². The molecule has 0 aliphatic carbocycles. The minimum Gasteiger partial charge on any atom is -0.481 e. The van der Waals surface area contributed by atoms with Crippen molar-refractivity contribution in [2.45, 2.75) is 6.42 Å². The Balaban J connectivity index is 0. The van der Waals surface area contributed by atoms with Crippen LogP contribution >= 0.6 is 0 Å². The molecule has 1 N–H and O–H groups in total. The molecule has 0 aliphatic heterocycles. The van der Waals surface area contributed by atoms with Crippen LogP contribution in [0.1, 0.15) is 6.42 Å². The van der Waals surface area contributed by atoms with E-state index in [-0.39, 0.29) is 23.5 Å². The summed E-state index contributed by atoms with van der Waals surface area (Å²) in [5, 5.41) is 7.96. The largest absolute Gasteiger partial charge is 0.481 e. The second-order valence-electron chi connectivity index (χ2n) is 1.14. The standard InChI is InChI=1S/C4H8O3.Cu/c1-7-3-2-4(5)6;/h2-3H2,1H3,(H,5,6);. The third-order valence-electron chi connectivity index (χ3n) is 0.520. The number of carboxylic acid groups (broad SMARTS) is 1. The molecule has 0 heterocycles. The summed E-state index contributed by atoms with van der Waals surface area (Å²) in [6, 6.07) is 0. The van der Waals surface area contributed by atoms with Gasteiger partial charge < -0.3 is 9.84 Å². The van der Waals surface area contributed by atoms with Crippen molar-refractivity contribution in [2.75, 3.05) is 13.7 Å². The number of hydrogen-bond acceptors (Lipinski definition) is 2. The zero-order chi connectivity index (χ0) is 5.70. The van der Waals surface area contributed by atoms with Crippen molar-refractivity contribution in [3.8, 4) is 0 Å². The van der Waals surface area contributed by atoms with Crippen LogP contribution in [-0.2, 0) is 26.6 Å². The molecule has 0 unspecified atom stereocenters. The number of hydrogen-bond donors (Lipinski definition) is 1. The molecular weight excluding hydrogens is 160 g/mol. The Morgan fingerprint density at radius 1 is 1.75 bits per heavy atom. The molecule has 0 saturated heterocycles. The van der Waals surface area contributed by atoms with Gasteiger partial charge in [-0.3, -0.25) is 4.79 Å². The van der Waals surface area contributed by atoms with E-state index in [9.17, 15) is 4.79 Å². The third kappa shape index (κ3) is 9.34. The Kier molecular flexibility index (Phi) is 9.42. The molecule has 4 heteroatoms. The van der Waals surface area contributed by atoms with Gasteiger partial charge in [-0.15, -0.1) is 0 Å². The van der Waals surface area contributed by atoms with Gasteiger partial charge in [0.2, 0.25) is 0 Å². The van der Waals surface area contributed by atoms with Crippen LogP contribution in [0.4, 0.5) is 0 Å². The fourth-order valence-corrected chi connectivity index (χ4v) is 0.189. The number of rotatable bonds is 3. The first-order valence-electron chi connectivity index (χ1n) is 1.98. The number of aliphatic carboxylic acids is 1. The topological polar surface area (TPSA) is 46.5 Å². The molecular formula is C4H8CuO3. The SMILES string of the molecule is COCCC(=O)O.[Cu]. The molecule has 0 saturated carbocycles. The van der Waals surface area contributed by atoms with Gasteiger partial charge in [-0.25, -0.2) is 0 Å². The van der Waals surface area contributed by atoms with Gasteiger partial charge in [-0.1, -0.05) is 0 Å². The molecule has 0 aromatic carbocycles. The number of methoxy groups -OCH3 is 1. The van der Waals surface area contributed by atoms with Crippen molar-refractivity contribution in [3.05, 3.63) is 0 Å². The molecule has 0 aromatic heterocycles.